The number of nitrogens with zero attached hydrogens (tertiary/aromatic N) is 2. The van der Waals surface area contributed by atoms with Gasteiger partial charge in [0, 0.05) is 30.2 Å². The van der Waals surface area contributed by atoms with E-state index in [4.69, 9.17) is 4.74 Å². The average molecular weight is 466 g/mol. The quantitative estimate of drug-likeness (QED) is 0.518. The van der Waals surface area contributed by atoms with Gasteiger partial charge in [0.1, 0.15) is 11.9 Å². The molecule has 1 fully saturated rings. The number of aromatic nitrogens is 1. The van der Waals surface area contributed by atoms with Crippen LogP contribution in [0, 0.1) is 5.82 Å². The standard InChI is InChI=1S/C25H24FN3O3S/c1-17(30)28-13-22-14-29(25(31)32-22)21-9-10-23(24(26)12-21)19-7-5-18(6-8-19)15-33-16-20-4-2-3-11-27-20/h2-12,22H,13-16H2,1H3,(H,28,30). The van der Waals surface area contributed by atoms with E-state index in [1.165, 1.54) is 17.9 Å². The Morgan fingerprint density at radius 3 is 2.70 bits per heavy atom. The SMILES string of the molecule is CC(=O)NCC1CN(c2ccc(-c3ccc(CSCc4ccccn4)cc3)c(F)c2)C(=O)O1. The van der Waals surface area contributed by atoms with E-state index in [1.54, 1.807) is 30.1 Å². The van der Waals surface area contributed by atoms with Crippen molar-refractivity contribution in [2.45, 2.75) is 24.5 Å². The van der Waals surface area contributed by atoms with E-state index >= 15 is 0 Å². The Morgan fingerprint density at radius 2 is 2.00 bits per heavy atom. The van der Waals surface area contributed by atoms with Crippen molar-refractivity contribution in [1.29, 1.82) is 0 Å². The van der Waals surface area contributed by atoms with Crippen molar-refractivity contribution in [3.8, 4) is 11.1 Å². The monoisotopic (exact) mass is 465 g/mol. The van der Waals surface area contributed by atoms with E-state index in [0.29, 0.717) is 11.3 Å². The molecule has 0 radical (unpaired) electrons. The zero-order valence-electron chi connectivity index (χ0n) is 18.2. The second-order valence-corrected chi connectivity index (χ2v) is 8.71. The maximum atomic E-state index is 14.9. The third-order valence-corrected chi connectivity index (χ3v) is 6.26. The second kappa shape index (κ2) is 10.5. The van der Waals surface area contributed by atoms with Crippen LogP contribution in [0.25, 0.3) is 11.1 Å². The van der Waals surface area contributed by atoms with Gasteiger partial charge in [0.25, 0.3) is 0 Å². The van der Waals surface area contributed by atoms with Gasteiger partial charge in [-0.1, -0.05) is 30.3 Å². The van der Waals surface area contributed by atoms with Crippen molar-refractivity contribution in [2.24, 2.45) is 0 Å². The number of halogens is 1. The molecule has 1 unspecified atom stereocenters. The molecular weight excluding hydrogens is 441 g/mol. The van der Waals surface area contributed by atoms with Crippen LogP contribution in [-0.2, 0) is 21.0 Å². The predicted octanol–water partition coefficient (Wildman–Crippen LogP) is 4.78. The van der Waals surface area contributed by atoms with Crippen molar-refractivity contribution in [3.63, 3.8) is 0 Å². The molecule has 4 rings (SSSR count). The molecule has 2 aromatic carbocycles. The Hall–Kier alpha value is -3.39. The van der Waals surface area contributed by atoms with Crippen LogP contribution in [0.4, 0.5) is 14.9 Å². The van der Waals surface area contributed by atoms with E-state index in [2.05, 4.69) is 10.3 Å². The maximum Gasteiger partial charge on any atom is 0.414 e. The molecule has 8 heteroatoms. The first kappa shape index (κ1) is 22.8. The molecule has 0 spiro atoms. The van der Waals surface area contributed by atoms with Crippen molar-refractivity contribution in [3.05, 3.63) is 83.9 Å². The molecule has 6 nitrogen and oxygen atoms in total. The number of hydrogen-bond donors (Lipinski definition) is 1. The normalized spacial score (nSPS) is 15.4. The van der Waals surface area contributed by atoms with Crippen molar-refractivity contribution < 1.29 is 18.7 Å². The number of carbonyl (C=O) groups is 2. The van der Waals surface area contributed by atoms with Crippen LogP contribution < -0.4 is 10.2 Å². The fourth-order valence-electron chi connectivity index (χ4n) is 3.54. The summed E-state index contributed by atoms with van der Waals surface area (Å²) in [5.74, 6) is 1.07. The highest BCUT2D eigenvalue weighted by molar-refractivity contribution is 7.97. The van der Waals surface area contributed by atoms with Crippen LogP contribution in [0.2, 0.25) is 0 Å². The average Bonchev–Trinajstić information content (AvgIpc) is 3.19. The number of hydrogen-bond acceptors (Lipinski definition) is 5. The lowest BCUT2D eigenvalue weighted by molar-refractivity contribution is -0.119. The molecular formula is C25H24FN3O3S. The zero-order chi connectivity index (χ0) is 23.2. The highest BCUT2D eigenvalue weighted by atomic mass is 32.2. The first-order chi connectivity index (χ1) is 16.0. The van der Waals surface area contributed by atoms with Crippen LogP contribution in [-0.4, -0.2) is 36.2 Å². The fraction of sp³-hybridized carbons (Fsp3) is 0.240. The van der Waals surface area contributed by atoms with Gasteiger partial charge in [0.2, 0.25) is 5.91 Å². The molecule has 1 N–H and O–H groups in total. The molecule has 1 atom stereocenters. The number of carbonyl (C=O) groups excluding carboxylic acids is 2. The molecule has 33 heavy (non-hydrogen) atoms. The van der Waals surface area contributed by atoms with Crippen molar-refractivity contribution >= 4 is 29.4 Å². The first-order valence-electron chi connectivity index (χ1n) is 10.6. The number of amides is 2. The molecule has 0 saturated carbocycles. The van der Waals surface area contributed by atoms with E-state index in [9.17, 15) is 14.0 Å². The number of thioether (sulfide) groups is 1. The van der Waals surface area contributed by atoms with Crippen molar-refractivity contribution in [2.75, 3.05) is 18.0 Å². The number of nitrogens with one attached hydrogen (secondary N) is 1. The summed E-state index contributed by atoms with van der Waals surface area (Å²) >= 11 is 1.78. The summed E-state index contributed by atoms with van der Waals surface area (Å²) < 4.78 is 20.2. The summed E-state index contributed by atoms with van der Waals surface area (Å²) in [6.07, 6.45) is 0.777. The first-order valence-corrected chi connectivity index (χ1v) is 11.7. The van der Waals surface area contributed by atoms with Gasteiger partial charge in [-0.2, -0.15) is 11.8 Å². The third-order valence-electron chi connectivity index (χ3n) is 5.23. The molecule has 0 bridgehead atoms. The van der Waals surface area contributed by atoms with Crippen LogP contribution >= 0.6 is 11.8 Å². The Balaban J connectivity index is 1.37. The van der Waals surface area contributed by atoms with E-state index < -0.39 is 18.0 Å². The molecule has 1 saturated heterocycles. The van der Waals surface area contributed by atoms with Gasteiger partial charge in [-0.25, -0.2) is 9.18 Å². The lowest BCUT2D eigenvalue weighted by Crippen LogP contribution is -2.33. The lowest BCUT2D eigenvalue weighted by atomic mass is 10.0. The lowest BCUT2D eigenvalue weighted by Gasteiger charge is -2.14. The minimum atomic E-state index is -0.551. The third kappa shape index (κ3) is 5.90. The van der Waals surface area contributed by atoms with Gasteiger partial charge in [-0.15, -0.1) is 0 Å². The topological polar surface area (TPSA) is 71.5 Å². The number of rotatable bonds is 8. The zero-order valence-corrected chi connectivity index (χ0v) is 19.0. The van der Waals surface area contributed by atoms with Crippen LogP contribution in [0.3, 0.4) is 0 Å². The Bertz CT molecular complexity index is 1130. The van der Waals surface area contributed by atoms with Crippen LogP contribution in [0.15, 0.2) is 66.9 Å². The number of anilines is 1. The molecule has 1 aliphatic rings. The van der Waals surface area contributed by atoms with Gasteiger partial charge in [0.05, 0.1) is 24.5 Å². The molecule has 2 heterocycles. The van der Waals surface area contributed by atoms with Gasteiger partial charge < -0.3 is 10.1 Å². The Labute approximate surface area is 196 Å². The summed E-state index contributed by atoms with van der Waals surface area (Å²) in [7, 11) is 0. The maximum absolute atomic E-state index is 14.9. The molecule has 2 amide bonds. The molecule has 1 aromatic heterocycles. The van der Waals surface area contributed by atoms with Crippen LogP contribution in [0.1, 0.15) is 18.2 Å². The second-order valence-electron chi connectivity index (χ2n) is 7.73. The Morgan fingerprint density at radius 1 is 1.18 bits per heavy atom. The summed E-state index contributed by atoms with van der Waals surface area (Å²) in [6.45, 7) is 1.88. The predicted molar refractivity (Wildman–Crippen MR) is 127 cm³/mol. The van der Waals surface area contributed by atoms with E-state index in [1.807, 2.05) is 42.5 Å². The van der Waals surface area contributed by atoms with Crippen molar-refractivity contribution in [1.82, 2.24) is 10.3 Å². The van der Waals surface area contributed by atoms with Gasteiger partial charge in [-0.3, -0.25) is 14.7 Å². The highest BCUT2D eigenvalue weighted by Crippen LogP contribution is 2.30. The number of cyclic esters (lactones) is 1. The van der Waals surface area contributed by atoms with Gasteiger partial charge in [-0.05, 0) is 41.5 Å². The van der Waals surface area contributed by atoms with Gasteiger partial charge in [0.15, 0.2) is 0 Å². The molecule has 3 aromatic rings. The summed E-state index contributed by atoms with van der Waals surface area (Å²) in [4.78, 5) is 28.9. The van der Waals surface area contributed by atoms with Gasteiger partial charge >= 0.3 is 6.09 Å². The largest absolute Gasteiger partial charge is 0.442 e. The minimum Gasteiger partial charge on any atom is -0.442 e. The smallest absolute Gasteiger partial charge is 0.414 e. The summed E-state index contributed by atoms with van der Waals surface area (Å²) in [5.41, 5.74) is 3.86. The molecule has 0 aliphatic carbocycles. The number of ether oxygens (including phenoxy) is 1. The van der Waals surface area contributed by atoms with E-state index in [0.717, 1.165) is 28.3 Å². The minimum absolute atomic E-state index is 0.197. The number of benzene rings is 2. The Kier molecular flexibility index (Phi) is 7.24. The molecule has 1 aliphatic heterocycles. The molecule has 170 valence electrons. The summed E-state index contributed by atoms with van der Waals surface area (Å²) in [6, 6.07) is 18.4. The summed E-state index contributed by atoms with van der Waals surface area (Å²) in [5, 5.41) is 2.63. The fourth-order valence-corrected chi connectivity index (χ4v) is 4.45. The van der Waals surface area contributed by atoms with Crippen LogP contribution in [0.5, 0.6) is 0 Å². The number of pyridine rings is 1. The highest BCUT2D eigenvalue weighted by Gasteiger charge is 2.32. The van der Waals surface area contributed by atoms with E-state index in [-0.39, 0.29) is 19.0 Å².